The zero-order valence-electron chi connectivity index (χ0n) is 11.5. The number of carboxylic acids is 1. The van der Waals surface area contributed by atoms with Gasteiger partial charge in [0.25, 0.3) is 0 Å². The van der Waals surface area contributed by atoms with Gasteiger partial charge in [-0.15, -0.1) is 0 Å². The first-order valence-electron chi connectivity index (χ1n) is 6.85. The highest BCUT2D eigenvalue weighted by atomic mass is 16.4. The Morgan fingerprint density at radius 3 is 2.53 bits per heavy atom. The summed E-state index contributed by atoms with van der Waals surface area (Å²) in [6.45, 7) is 4.54. The first-order valence-corrected chi connectivity index (χ1v) is 6.85. The van der Waals surface area contributed by atoms with Gasteiger partial charge in [-0.1, -0.05) is 0 Å². The minimum atomic E-state index is -0.999. The lowest BCUT2D eigenvalue weighted by Gasteiger charge is -2.30. The molecular formula is C13H22N2O4. The maximum Gasteiger partial charge on any atom is 0.323 e. The van der Waals surface area contributed by atoms with E-state index in [0.29, 0.717) is 19.0 Å². The Bertz CT molecular complexity index is 372. The molecular weight excluding hydrogens is 248 g/mol. The van der Waals surface area contributed by atoms with E-state index in [1.165, 1.54) is 4.90 Å². The van der Waals surface area contributed by atoms with Crippen LogP contribution in [0.1, 0.15) is 26.7 Å². The molecule has 0 bridgehead atoms. The summed E-state index contributed by atoms with van der Waals surface area (Å²) in [5.74, 6) is -0.456. The van der Waals surface area contributed by atoms with Crippen LogP contribution in [0.3, 0.4) is 0 Å². The van der Waals surface area contributed by atoms with Crippen molar-refractivity contribution in [3.63, 3.8) is 0 Å². The van der Waals surface area contributed by atoms with Crippen LogP contribution in [0.4, 0.5) is 4.79 Å². The number of likely N-dealkylation sites (tertiary alicyclic amines) is 1. The molecule has 6 heteroatoms. The molecule has 108 valence electrons. The Morgan fingerprint density at radius 2 is 2.00 bits per heavy atom. The van der Waals surface area contributed by atoms with E-state index in [0.717, 1.165) is 12.8 Å². The van der Waals surface area contributed by atoms with Gasteiger partial charge >= 0.3 is 12.0 Å². The molecule has 0 aromatic rings. The fraction of sp³-hybridized carbons (Fsp3) is 0.846. The highest BCUT2D eigenvalue weighted by molar-refractivity contribution is 5.80. The number of hydrogen-bond acceptors (Lipinski definition) is 3. The highest BCUT2D eigenvalue weighted by Crippen LogP contribution is 2.38. The lowest BCUT2D eigenvalue weighted by atomic mass is 10.00. The molecule has 0 aromatic carbocycles. The summed E-state index contributed by atoms with van der Waals surface area (Å²) in [4.78, 5) is 26.3. The van der Waals surface area contributed by atoms with Crippen LogP contribution in [0, 0.1) is 11.8 Å². The average molecular weight is 270 g/mol. The van der Waals surface area contributed by atoms with Crippen LogP contribution in [0.2, 0.25) is 0 Å². The van der Waals surface area contributed by atoms with Crippen LogP contribution in [-0.2, 0) is 4.79 Å². The van der Waals surface area contributed by atoms with Crippen molar-refractivity contribution in [1.82, 2.24) is 9.80 Å². The summed E-state index contributed by atoms with van der Waals surface area (Å²) in [6, 6.07) is -0.368. The molecule has 2 rings (SSSR count). The predicted molar refractivity (Wildman–Crippen MR) is 68.7 cm³/mol. The molecule has 1 saturated carbocycles. The second kappa shape index (κ2) is 5.36. The number of urea groups is 1. The molecule has 1 aliphatic heterocycles. The fourth-order valence-electron chi connectivity index (χ4n) is 3.19. The van der Waals surface area contributed by atoms with Crippen molar-refractivity contribution in [3.8, 4) is 0 Å². The fourth-order valence-corrected chi connectivity index (χ4v) is 3.19. The first-order chi connectivity index (χ1) is 8.90. The molecule has 0 radical (unpaired) electrons. The minimum Gasteiger partial charge on any atom is -0.480 e. The molecule has 2 amide bonds. The van der Waals surface area contributed by atoms with Crippen molar-refractivity contribution in [3.05, 3.63) is 0 Å². The van der Waals surface area contributed by atoms with Crippen molar-refractivity contribution >= 4 is 12.0 Å². The van der Waals surface area contributed by atoms with E-state index in [4.69, 9.17) is 5.11 Å². The van der Waals surface area contributed by atoms with E-state index in [9.17, 15) is 14.7 Å². The van der Waals surface area contributed by atoms with Gasteiger partial charge in [0.05, 0.1) is 6.10 Å². The number of amides is 2. The molecule has 0 aromatic heterocycles. The Kier molecular flexibility index (Phi) is 3.99. The maximum absolute atomic E-state index is 12.4. The Labute approximate surface area is 113 Å². The van der Waals surface area contributed by atoms with Crippen molar-refractivity contribution in [2.24, 2.45) is 11.8 Å². The molecule has 1 aliphatic carbocycles. The quantitative estimate of drug-likeness (QED) is 0.787. The van der Waals surface area contributed by atoms with Gasteiger partial charge in [0, 0.05) is 25.0 Å². The van der Waals surface area contributed by atoms with E-state index in [1.807, 2.05) is 13.8 Å². The van der Waals surface area contributed by atoms with Crippen LogP contribution >= 0.6 is 0 Å². The smallest absolute Gasteiger partial charge is 0.323 e. The molecule has 0 spiro atoms. The van der Waals surface area contributed by atoms with Crippen LogP contribution < -0.4 is 0 Å². The monoisotopic (exact) mass is 270 g/mol. The van der Waals surface area contributed by atoms with Crippen LogP contribution in [0.25, 0.3) is 0 Å². The number of carbonyl (C=O) groups excluding carboxylic acids is 1. The minimum absolute atomic E-state index is 0.144. The SMILES string of the molecule is CC(C)N(CC(=O)O)C(=O)N1CC2CCC(O)C2C1. The second-order valence-electron chi connectivity index (χ2n) is 5.87. The maximum atomic E-state index is 12.4. The molecule has 1 heterocycles. The lowest BCUT2D eigenvalue weighted by Crippen LogP contribution is -2.48. The van der Waals surface area contributed by atoms with Crippen molar-refractivity contribution < 1.29 is 19.8 Å². The number of rotatable bonds is 3. The average Bonchev–Trinajstić information content (AvgIpc) is 2.87. The van der Waals surface area contributed by atoms with E-state index >= 15 is 0 Å². The number of hydrogen-bond donors (Lipinski definition) is 2. The third-order valence-corrected chi connectivity index (χ3v) is 4.26. The number of carbonyl (C=O) groups is 2. The highest BCUT2D eigenvalue weighted by Gasteiger charge is 2.44. The van der Waals surface area contributed by atoms with Crippen molar-refractivity contribution in [2.45, 2.75) is 38.8 Å². The normalized spacial score (nSPS) is 29.7. The summed E-state index contributed by atoms with van der Waals surface area (Å²) in [7, 11) is 0. The Hall–Kier alpha value is -1.30. The van der Waals surface area contributed by atoms with Gasteiger partial charge in [0.15, 0.2) is 0 Å². The lowest BCUT2D eigenvalue weighted by molar-refractivity contribution is -0.138. The van der Waals surface area contributed by atoms with Gasteiger partial charge in [0.2, 0.25) is 0 Å². The number of aliphatic hydroxyl groups is 1. The number of aliphatic carboxylic acids is 1. The van der Waals surface area contributed by atoms with E-state index in [2.05, 4.69) is 0 Å². The van der Waals surface area contributed by atoms with Gasteiger partial charge in [-0.05, 0) is 32.6 Å². The van der Waals surface area contributed by atoms with Crippen molar-refractivity contribution in [2.75, 3.05) is 19.6 Å². The molecule has 3 unspecified atom stereocenters. The van der Waals surface area contributed by atoms with Crippen LogP contribution in [0.15, 0.2) is 0 Å². The zero-order valence-corrected chi connectivity index (χ0v) is 11.5. The van der Waals surface area contributed by atoms with Gasteiger partial charge in [-0.3, -0.25) is 4.79 Å². The van der Waals surface area contributed by atoms with Crippen LogP contribution in [0.5, 0.6) is 0 Å². The number of carboxylic acid groups (broad SMARTS) is 1. The van der Waals surface area contributed by atoms with E-state index in [1.54, 1.807) is 4.90 Å². The Morgan fingerprint density at radius 1 is 1.32 bits per heavy atom. The summed E-state index contributed by atoms with van der Waals surface area (Å²) < 4.78 is 0. The standard InChI is InChI=1S/C13H22N2O4/c1-8(2)15(7-12(17)18)13(19)14-5-9-3-4-11(16)10(9)6-14/h8-11,16H,3-7H2,1-2H3,(H,17,18). The topological polar surface area (TPSA) is 81.1 Å². The third kappa shape index (κ3) is 2.83. The largest absolute Gasteiger partial charge is 0.480 e. The third-order valence-electron chi connectivity index (χ3n) is 4.26. The molecule has 6 nitrogen and oxygen atoms in total. The molecule has 3 atom stereocenters. The summed E-state index contributed by atoms with van der Waals surface area (Å²) in [5.41, 5.74) is 0. The second-order valence-corrected chi connectivity index (χ2v) is 5.87. The molecule has 1 saturated heterocycles. The first kappa shape index (κ1) is 14.1. The predicted octanol–water partition coefficient (Wildman–Crippen LogP) is 0.604. The van der Waals surface area contributed by atoms with E-state index < -0.39 is 5.97 Å². The van der Waals surface area contributed by atoms with Gasteiger partial charge in [0.1, 0.15) is 6.54 Å². The van der Waals surface area contributed by atoms with Gasteiger partial charge in [-0.2, -0.15) is 0 Å². The number of aliphatic hydroxyl groups excluding tert-OH is 1. The summed E-state index contributed by atoms with van der Waals surface area (Å²) in [5, 5.41) is 18.7. The number of nitrogens with zero attached hydrogens (tertiary/aromatic N) is 2. The van der Waals surface area contributed by atoms with E-state index in [-0.39, 0.29) is 30.6 Å². The molecule has 2 N–H and O–H groups in total. The Balaban J connectivity index is 2.01. The number of fused-ring (bicyclic) bond motifs is 1. The molecule has 19 heavy (non-hydrogen) atoms. The van der Waals surface area contributed by atoms with Gasteiger partial charge < -0.3 is 20.0 Å². The zero-order chi connectivity index (χ0) is 14.2. The summed E-state index contributed by atoms with van der Waals surface area (Å²) >= 11 is 0. The van der Waals surface area contributed by atoms with Gasteiger partial charge in [-0.25, -0.2) is 4.79 Å². The van der Waals surface area contributed by atoms with Crippen LogP contribution in [-0.4, -0.2) is 63.8 Å². The molecule has 2 fully saturated rings. The van der Waals surface area contributed by atoms with Crippen molar-refractivity contribution in [1.29, 1.82) is 0 Å². The molecule has 2 aliphatic rings. The summed E-state index contributed by atoms with van der Waals surface area (Å²) in [6.07, 6.45) is 1.46.